The Bertz CT molecular complexity index is 771. The van der Waals surface area contributed by atoms with Gasteiger partial charge in [0.25, 0.3) is 0 Å². The zero-order valence-electron chi connectivity index (χ0n) is 14.2. The van der Waals surface area contributed by atoms with Crippen LogP contribution in [0.4, 0.5) is 4.39 Å². The van der Waals surface area contributed by atoms with Crippen LogP contribution in [-0.2, 0) is 11.2 Å². The molecule has 0 N–H and O–H groups in total. The Labute approximate surface area is 147 Å². The number of carbonyl (C=O) groups excluding carboxylic acids is 1. The van der Waals surface area contributed by atoms with Gasteiger partial charge < -0.3 is 4.74 Å². The predicted octanol–water partition coefficient (Wildman–Crippen LogP) is 5.07. The lowest BCUT2D eigenvalue weighted by Gasteiger charge is -2.04. The van der Waals surface area contributed by atoms with Crippen molar-refractivity contribution < 1.29 is 13.9 Å². The number of nitriles is 1. The van der Waals surface area contributed by atoms with Crippen LogP contribution < -0.4 is 4.74 Å². The fourth-order valence-electron chi connectivity index (χ4n) is 2.38. The van der Waals surface area contributed by atoms with Crippen LogP contribution in [0.5, 0.6) is 5.75 Å². The number of nitrogens with zero attached hydrogens (tertiary/aromatic N) is 1. The third-order valence-electron chi connectivity index (χ3n) is 3.75. The van der Waals surface area contributed by atoms with E-state index in [0.717, 1.165) is 18.9 Å². The number of aryl methyl sites for hydroxylation is 1. The Morgan fingerprint density at radius 2 is 1.80 bits per heavy atom. The maximum absolute atomic E-state index is 12.8. The van der Waals surface area contributed by atoms with Gasteiger partial charge in [0.15, 0.2) is 0 Å². The molecular formula is C21H20FNO2. The number of carbonyl (C=O) groups is 1. The molecule has 2 rings (SSSR count). The molecule has 0 bridgehead atoms. The smallest absolute Gasteiger partial charge is 0.337 e. The van der Waals surface area contributed by atoms with E-state index in [1.54, 1.807) is 0 Å². The largest absolute Gasteiger partial charge is 0.423 e. The highest BCUT2D eigenvalue weighted by Crippen LogP contribution is 2.17. The topological polar surface area (TPSA) is 50.1 Å². The molecule has 0 aliphatic carbocycles. The maximum atomic E-state index is 12.8. The van der Waals surface area contributed by atoms with Gasteiger partial charge in [0.2, 0.25) is 0 Å². The SMILES string of the molecule is CCCCCc1ccc(C(C#N)=CC(=O)Oc2ccc(F)cc2)cc1. The molecule has 0 amide bonds. The zero-order chi connectivity index (χ0) is 18.1. The fraction of sp³-hybridized carbons (Fsp3) is 0.238. The summed E-state index contributed by atoms with van der Waals surface area (Å²) in [5, 5.41) is 9.30. The summed E-state index contributed by atoms with van der Waals surface area (Å²) in [6.45, 7) is 2.16. The molecule has 2 aromatic rings. The first-order valence-electron chi connectivity index (χ1n) is 8.31. The quantitative estimate of drug-likeness (QED) is 0.233. The first-order valence-corrected chi connectivity index (χ1v) is 8.31. The van der Waals surface area contributed by atoms with Gasteiger partial charge in [0.1, 0.15) is 17.6 Å². The second kappa shape index (κ2) is 9.39. The van der Waals surface area contributed by atoms with E-state index in [-0.39, 0.29) is 11.3 Å². The van der Waals surface area contributed by atoms with E-state index < -0.39 is 11.8 Å². The van der Waals surface area contributed by atoms with Gasteiger partial charge in [0, 0.05) is 6.08 Å². The highest BCUT2D eigenvalue weighted by molar-refractivity contribution is 5.96. The van der Waals surface area contributed by atoms with E-state index in [4.69, 9.17) is 4.74 Å². The molecule has 0 radical (unpaired) electrons. The fourth-order valence-corrected chi connectivity index (χ4v) is 2.38. The summed E-state index contributed by atoms with van der Waals surface area (Å²) in [6.07, 6.45) is 5.67. The van der Waals surface area contributed by atoms with Crippen molar-refractivity contribution in [2.75, 3.05) is 0 Å². The van der Waals surface area contributed by atoms with Gasteiger partial charge in [0.05, 0.1) is 5.57 Å². The van der Waals surface area contributed by atoms with Crippen LogP contribution in [0.15, 0.2) is 54.6 Å². The summed E-state index contributed by atoms with van der Waals surface area (Å²) in [6, 6.07) is 14.8. The molecule has 3 nitrogen and oxygen atoms in total. The van der Waals surface area contributed by atoms with E-state index in [9.17, 15) is 14.4 Å². The van der Waals surface area contributed by atoms with Crippen molar-refractivity contribution in [2.45, 2.75) is 32.6 Å². The van der Waals surface area contributed by atoms with Gasteiger partial charge >= 0.3 is 5.97 Å². The third kappa shape index (κ3) is 5.89. The monoisotopic (exact) mass is 337 g/mol. The van der Waals surface area contributed by atoms with Gasteiger partial charge in [-0.3, -0.25) is 0 Å². The number of esters is 1. The second-order valence-corrected chi connectivity index (χ2v) is 5.70. The van der Waals surface area contributed by atoms with Crippen molar-refractivity contribution in [3.05, 3.63) is 71.6 Å². The Morgan fingerprint density at radius 1 is 1.12 bits per heavy atom. The van der Waals surface area contributed by atoms with Crippen molar-refractivity contribution in [2.24, 2.45) is 0 Å². The second-order valence-electron chi connectivity index (χ2n) is 5.70. The number of allylic oxidation sites excluding steroid dienone is 1. The summed E-state index contributed by atoms with van der Waals surface area (Å²) < 4.78 is 17.9. The van der Waals surface area contributed by atoms with Crippen molar-refractivity contribution in [3.63, 3.8) is 0 Å². The highest BCUT2D eigenvalue weighted by atomic mass is 19.1. The van der Waals surface area contributed by atoms with Gasteiger partial charge in [-0.1, -0.05) is 44.0 Å². The minimum atomic E-state index is -0.671. The Balaban J connectivity index is 2.04. The Morgan fingerprint density at radius 3 is 2.40 bits per heavy atom. The van der Waals surface area contributed by atoms with E-state index in [1.165, 1.54) is 42.7 Å². The normalized spacial score (nSPS) is 11.0. The number of ether oxygens (including phenoxy) is 1. The van der Waals surface area contributed by atoms with Crippen LogP contribution in [0.25, 0.3) is 5.57 Å². The van der Waals surface area contributed by atoms with Crippen molar-refractivity contribution in [1.82, 2.24) is 0 Å². The van der Waals surface area contributed by atoms with E-state index >= 15 is 0 Å². The Hall–Kier alpha value is -2.93. The highest BCUT2D eigenvalue weighted by Gasteiger charge is 2.07. The Kier molecular flexibility index (Phi) is 6.91. The summed E-state index contributed by atoms with van der Waals surface area (Å²) in [5.41, 5.74) is 2.10. The molecule has 128 valence electrons. The molecule has 25 heavy (non-hydrogen) atoms. The lowest BCUT2D eigenvalue weighted by molar-refractivity contribution is -0.128. The number of benzene rings is 2. The standard InChI is InChI=1S/C21H20FNO2/c1-2-3-4-5-16-6-8-17(9-7-16)18(15-23)14-21(24)25-20-12-10-19(22)11-13-20/h6-14H,2-5H2,1H3. The molecule has 0 atom stereocenters. The third-order valence-corrected chi connectivity index (χ3v) is 3.75. The molecule has 0 aromatic heterocycles. The first kappa shape index (κ1) is 18.4. The molecular weight excluding hydrogens is 317 g/mol. The van der Waals surface area contributed by atoms with Gasteiger partial charge in [-0.05, 0) is 48.2 Å². The summed E-state index contributed by atoms with van der Waals surface area (Å²) in [4.78, 5) is 11.9. The minimum absolute atomic E-state index is 0.228. The molecule has 0 heterocycles. The zero-order valence-corrected chi connectivity index (χ0v) is 14.2. The van der Waals surface area contributed by atoms with E-state index in [2.05, 4.69) is 6.92 Å². The number of unbranched alkanes of at least 4 members (excludes halogenated alkanes) is 2. The van der Waals surface area contributed by atoms with E-state index in [0.29, 0.717) is 5.56 Å². The van der Waals surface area contributed by atoms with Crippen molar-refractivity contribution in [1.29, 1.82) is 5.26 Å². The lowest BCUT2D eigenvalue weighted by atomic mass is 10.0. The lowest BCUT2D eigenvalue weighted by Crippen LogP contribution is -2.05. The van der Waals surface area contributed by atoms with Crippen LogP contribution in [0.3, 0.4) is 0 Å². The van der Waals surface area contributed by atoms with Crippen LogP contribution in [0.1, 0.15) is 37.3 Å². The number of hydrogen-bond acceptors (Lipinski definition) is 3. The molecule has 0 unspecified atom stereocenters. The first-order chi connectivity index (χ1) is 12.1. The molecule has 0 aliphatic heterocycles. The van der Waals surface area contributed by atoms with Crippen LogP contribution in [0, 0.1) is 17.1 Å². The molecule has 0 spiro atoms. The average molecular weight is 337 g/mol. The molecule has 4 heteroatoms. The average Bonchev–Trinajstić information content (AvgIpc) is 2.62. The number of halogens is 1. The van der Waals surface area contributed by atoms with Crippen LogP contribution >= 0.6 is 0 Å². The molecule has 0 fully saturated rings. The van der Waals surface area contributed by atoms with E-state index in [1.807, 2.05) is 30.3 Å². The van der Waals surface area contributed by atoms with Crippen molar-refractivity contribution in [3.8, 4) is 11.8 Å². The summed E-state index contributed by atoms with van der Waals surface area (Å²) >= 11 is 0. The number of hydrogen-bond donors (Lipinski definition) is 0. The van der Waals surface area contributed by atoms with Gasteiger partial charge in [-0.2, -0.15) is 5.26 Å². The van der Waals surface area contributed by atoms with Crippen LogP contribution in [-0.4, -0.2) is 5.97 Å². The minimum Gasteiger partial charge on any atom is -0.423 e. The summed E-state index contributed by atoms with van der Waals surface area (Å²) in [5.74, 6) is -0.853. The van der Waals surface area contributed by atoms with Crippen LogP contribution in [0.2, 0.25) is 0 Å². The maximum Gasteiger partial charge on any atom is 0.337 e. The molecule has 2 aromatic carbocycles. The molecule has 0 saturated heterocycles. The van der Waals surface area contributed by atoms with Gasteiger partial charge in [-0.25, -0.2) is 9.18 Å². The predicted molar refractivity (Wildman–Crippen MR) is 95.3 cm³/mol. The molecule has 0 aliphatic rings. The number of rotatable bonds is 7. The van der Waals surface area contributed by atoms with Crippen molar-refractivity contribution >= 4 is 11.5 Å². The summed E-state index contributed by atoms with van der Waals surface area (Å²) in [7, 11) is 0. The molecule has 0 saturated carbocycles. The van der Waals surface area contributed by atoms with Gasteiger partial charge in [-0.15, -0.1) is 0 Å².